The molecule has 21 heavy (non-hydrogen) atoms. The van der Waals surface area contributed by atoms with Crippen LogP contribution in [0.1, 0.15) is 47.5 Å². The molecule has 2 aliphatic carbocycles. The number of carbonyl (C=O) groups excluding carboxylic acids is 1. The lowest BCUT2D eigenvalue weighted by Gasteiger charge is -2.41. The Bertz CT molecular complexity index is 461. The van der Waals surface area contributed by atoms with Gasteiger partial charge in [-0.05, 0) is 37.7 Å². The number of esters is 1. The van der Waals surface area contributed by atoms with Gasteiger partial charge in [-0.25, -0.2) is 0 Å². The van der Waals surface area contributed by atoms with E-state index in [-0.39, 0.29) is 18.0 Å². The maximum atomic E-state index is 12.4. The largest absolute Gasteiger partial charge is 0.461 e. The Kier molecular flexibility index (Phi) is 4.62. The van der Waals surface area contributed by atoms with Gasteiger partial charge in [0, 0.05) is 12.3 Å². The van der Waals surface area contributed by atoms with Gasteiger partial charge in [-0.1, -0.05) is 39.0 Å². The summed E-state index contributed by atoms with van der Waals surface area (Å²) in [5, 5.41) is 10.0. The van der Waals surface area contributed by atoms with Crippen LogP contribution < -0.4 is 0 Å². The number of allylic oxidation sites excluding steroid dienone is 2. The van der Waals surface area contributed by atoms with E-state index >= 15 is 0 Å². The van der Waals surface area contributed by atoms with Crippen molar-refractivity contribution >= 4 is 5.97 Å². The van der Waals surface area contributed by atoms with Gasteiger partial charge in [-0.2, -0.15) is 0 Å². The van der Waals surface area contributed by atoms with E-state index in [9.17, 15) is 9.90 Å². The highest BCUT2D eigenvalue weighted by molar-refractivity contribution is 5.76. The minimum Gasteiger partial charge on any atom is -0.461 e. The first-order chi connectivity index (χ1) is 9.76. The molecule has 1 N–H and O–H groups in total. The van der Waals surface area contributed by atoms with Gasteiger partial charge >= 0.3 is 5.97 Å². The molecule has 0 saturated heterocycles. The van der Waals surface area contributed by atoms with Gasteiger partial charge in [0.25, 0.3) is 0 Å². The minimum absolute atomic E-state index is 0.155. The standard InChI is InChI=1S/C18H28O3/c1-6-18(4,5)17(20)21-15-10-14(19)9-13-8-7-11(2)12(3)16(13)15/h7-9,11-12,14-16,19H,6,10H2,1-5H3. The molecule has 0 radical (unpaired) electrons. The summed E-state index contributed by atoms with van der Waals surface area (Å²) in [6.45, 7) is 10.2. The zero-order valence-corrected chi connectivity index (χ0v) is 13.8. The Balaban J connectivity index is 2.22. The number of hydrogen-bond acceptors (Lipinski definition) is 3. The molecule has 0 saturated carbocycles. The second-order valence-electron chi connectivity index (χ2n) is 7.25. The normalized spacial score (nSPS) is 35.9. The van der Waals surface area contributed by atoms with Crippen LogP contribution in [0, 0.1) is 23.2 Å². The highest BCUT2D eigenvalue weighted by Gasteiger charge is 2.41. The molecule has 0 aliphatic heterocycles. The molecule has 2 rings (SSSR count). The third-order valence-electron chi connectivity index (χ3n) is 5.33. The molecule has 0 fully saturated rings. The van der Waals surface area contributed by atoms with Crippen molar-refractivity contribution in [2.75, 3.05) is 0 Å². The van der Waals surface area contributed by atoms with Gasteiger partial charge in [0.2, 0.25) is 0 Å². The monoisotopic (exact) mass is 292 g/mol. The van der Waals surface area contributed by atoms with Crippen molar-refractivity contribution in [3.63, 3.8) is 0 Å². The molecule has 2 aliphatic rings. The molecule has 3 heteroatoms. The minimum atomic E-state index is -0.524. The van der Waals surface area contributed by atoms with Gasteiger partial charge in [0.1, 0.15) is 6.10 Å². The van der Waals surface area contributed by atoms with Gasteiger partial charge in [-0.15, -0.1) is 0 Å². The van der Waals surface area contributed by atoms with E-state index < -0.39 is 11.5 Å². The first-order valence-corrected chi connectivity index (χ1v) is 8.05. The van der Waals surface area contributed by atoms with Crippen LogP contribution in [0.3, 0.4) is 0 Å². The van der Waals surface area contributed by atoms with Gasteiger partial charge in [0.15, 0.2) is 0 Å². The van der Waals surface area contributed by atoms with Crippen LogP contribution in [0.15, 0.2) is 23.8 Å². The number of fused-ring (bicyclic) bond motifs is 1. The maximum absolute atomic E-state index is 12.4. The van der Waals surface area contributed by atoms with Crippen molar-refractivity contribution in [2.45, 2.75) is 59.7 Å². The Morgan fingerprint density at radius 2 is 2.10 bits per heavy atom. The lowest BCUT2D eigenvalue weighted by atomic mass is 9.69. The zero-order chi connectivity index (χ0) is 15.8. The highest BCUT2D eigenvalue weighted by atomic mass is 16.5. The molecule has 0 bridgehead atoms. The number of aliphatic hydroxyl groups is 1. The molecule has 0 aromatic rings. The number of hydrogen-bond donors (Lipinski definition) is 1. The number of ether oxygens (including phenoxy) is 1. The fraction of sp³-hybridized carbons (Fsp3) is 0.722. The van der Waals surface area contributed by atoms with Crippen LogP contribution >= 0.6 is 0 Å². The molecule has 118 valence electrons. The maximum Gasteiger partial charge on any atom is 0.311 e. The smallest absolute Gasteiger partial charge is 0.311 e. The Hall–Kier alpha value is -1.09. The lowest BCUT2D eigenvalue weighted by molar-refractivity contribution is -0.165. The van der Waals surface area contributed by atoms with E-state index in [1.807, 2.05) is 26.8 Å². The predicted octanol–water partition coefficient (Wildman–Crippen LogP) is 3.48. The van der Waals surface area contributed by atoms with Crippen molar-refractivity contribution < 1.29 is 14.6 Å². The SMILES string of the molecule is CCC(C)(C)C(=O)OC1CC(O)C=C2C=CC(C)C(C)C21. The predicted molar refractivity (Wildman–Crippen MR) is 83.6 cm³/mol. The molecule has 5 unspecified atom stereocenters. The van der Waals surface area contributed by atoms with Crippen LogP contribution in [0.25, 0.3) is 0 Å². The fourth-order valence-corrected chi connectivity index (χ4v) is 3.14. The summed E-state index contributed by atoms with van der Waals surface area (Å²) in [6, 6.07) is 0. The van der Waals surface area contributed by atoms with Crippen molar-refractivity contribution in [2.24, 2.45) is 23.2 Å². The molecular weight excluding hydrogens is 264 g/mol. The molecule has 0 amide bonds. The molecular formula is C18H28O3. The van der Waals surface area contributed by atoms with Crippen LogP contribution in [0.4, 0.5) is 0 Å². The summed E-state index contributed by atoms with van der Waals surface area (Å²) in [4.78, 5) is 12.4. The van der Waals surface area contributed by atoms with E-state index in [1.165, 1.54) is 0 Å². The average molecular weight is 292 g/mol. The van der Waals surface area contributed by atoms with Crippen molar-refractivity contribution in [3.05, 3.63) is 23.8 Å². The summed E-state index contributed by atoms with van der Waals surface area (Å²) in [6.07, 6.45) is 6.69. The first kappa shape index (κ1) is 16.3. The van der Waals surface area contributed by atoms with Gasteiger partial charge in [0.05, 0.1) is 11.5 Å². The molecule has 0 heterocycles. The Labute approximate surface area is 128 Å². The summed E-state index contributed by atoms with van der Waals surface area (Å²) < 4.78 is 5.83. The molecule has 0 aromatic heterocycles. The summed E-state index contributed by atoms with van der Waals surface area (Å²) in [7, 11) is 0. The van der Waals surface area contributed by atoms with E-state index in [4.69, 9.17) is 4.74 Å². The molecule has 0 aromatic carbocycles. The number of rotatable bonds is 3. The van der Waals surface area contributed by atoms with Crippen molar-refractivity contribution in [1.29, 1.82) is 0 Å². The lowest BCUT2D eigenvalue weighted by Crippen LogP contribution is -2.43. The van der Waals surface area contributed by atoms with Crippen LogP contribution in [-0.2, 0) is 9.53 Å². The third-order valence-corrected chi connectivity index (χ3v) is 5.33. The first-order valence-electron chi connectivity index (χ1n) is 8.05. The zero-order valence-electron chi connectivity index (χ0n) is 13.8. The highest BCUT2D eigenvalue weighted by Crippen LogP contribution is 2.41. The third kappa shape index (κ3) is 3.23. The van der Waals surface area contributed by atoms with E-state index in [1.54, 1.807) is 0 Å². The number of aliphatic hydroxyl groups excluding tert-OH is 1. The summed E-state index contributed by atoms with van der Waals surface area (Å²) in [5.41, 5.74) is 0.650. The topological polar surface area (TPSA) is 46.5 Å². The van der Waals surface area contributed by atoms with Crippen molar-refractivity contribution in [3.8, 4) is 0 Å². The van der Waals surface area contributed by atoms with Gasteiger partial charge in [-0.3, -0.25) is 4.79 Å². The average Bonchev–Trinajstić information content (AvgIpc) is 2.42. The molecule has 3 nitrogen and oxygen atoms in total. The van der Waals surface area contributed by atoms with E-state index in [0.717, 1.165) is 12.0 Å². The van der Waals surface area contributed by atoms with Crippen LogP contribution in [0.2, 0.25) is 0 Å². The van der Waals surface area contributed by atoms with Crippen LogP contribution in [-0.4, -0.2) is 23.3 Å². The second-order valence-corrected chi connectivity index (χ2v) is 7.25. The number of carbonyl (C=O) groups is 1. The van der Waals surface area contributed by atoms with Crippen molar-refractivity contribution in [1.82, 2.24) is 0 Å². The Morgan fingerprint density at radius 1 is 1.43 bits per heavy atom. The van der Waals surface area contributed by atoms with Crippen LogP contribution in [0.5, 0.6) is 0 Å². The van der Waals surface area contributed by atoms with E-state index in [2.05, 4.69) is 26.0 Å². The molecule has 0 spiro atoms. The van der Waals surface area contributed by atoms with E-state index in [0.29, 0.717) is 18.3 Å². The fourth-order valence-electron chi connectivity index (χ4n) is 3.14. The molecule has 5 atom stereocenters. The second kappa shape index (κ2) is 5.96. The quantitative estimate of drug-likeness (QED) is 0.810. The Morgan fingerprint density at radius 3 is 2.71 bits per heavy atom. The summed E-state index contributed by atoms with van der Waals surface area (Å²) >= 11 is 0. The van der Waals surface area contributed by atoms with Gasteiger partial charge < -0.3 is 9.84 Å². The summed E-state index contributed by atoms with van der Waals surface area (Å²) in [5.74, 6) is 0.918.